The van der Waals surface area contributed by atoms with Crippen molar-refractivity contribution in [2.75, 3.05) is 31.2 Å². The molecule has 1 fully saturated rings. The van der Waals surface area contributed by atoms with Crippen LogP contribution in [0, 0.1) is 0 Å². The molecule has 0 amide bonds. The number of anilines is 1. The normalized spacial score (nSPS) is 20.6. The van der Waals surface area contributed by atoms with Crippen LogP contribution < -0.4 is 10.6 Å². The zero-order valence-electron chi connectivity index (χ0n) is 9.60. The molecule has 1 aromatic carbocycles. The number of nitrogens with two attached hydrogens (primary N) is 1. The molecule has 4 nitrogen and oxygen atoms in total. The minimum Gasteiger partial charge on any atom is -0.394 e. The summed E-state index contributed by atoms with van der Waals surface area (Å²) in [5.74, 6) is 0. The first-order valence-corrected chi connectivity index (χ1v) is 6.08. The SMILES string of the molecule is NCc1ccc(N2CCOC(CO)C2)cc1Cl. The van der Waals surface area contributed by atoms with Gasteiger partial charge < -0.3 is 20.5 Å². The van der Waals surface area contributed by atoms with Gasteiger partial charge in [0.2, 0.25) is 0 Å². The van der Waals surface area contributed by atoms with E-state index in [1.807, 2.05) is 18.2 Å². The fraction of sp³-hybridized carbons (Fsp3) is 0.500. The van der Waals surface area contributed by atoms with Gasteiger partial charge in [0.15, 0.2) is 0 Å². The van der Waals surface area contributed by atoms with Gasteiger partial charge in [-0.25, -0.2) is 0 Å². The van der Waals surface area contributed by atoms with E-state index in [-0.39, 0.29) is 12.7 Å². The topological polar surface area (TPSA) is 58.7 Å². The van der Waals surface area contributed by atoms with E-state index in [1.165, 1.54) is 0 Å². The maximum absolute atomic E-state index is 9.10. The van der Waals surface area contributed by atoms with Gasteiger partial charge in [0.1, 0.15) is 0 Å². The zero-order valence-corrected chi connectivity index (χ0v) is 10.4. The van der Waals surface area contributed by atoms with Gasteiger partial charge in [-0.2, -0.15) is 0 Å². The standard InChI is InChI=1S/C12H17ClN2O2/c13-12-5-10(2-1-9(12)6-14)15-3-4-17-11(7-15)8-16/h1-2,5,11,16H,3-4,6-8,14H2. The summed E-state index contributed by atoms with van der Waals surface area (Å²) in [6.07, 6.45) is -0.114. The predicted molar refractivity (Wildman–Crippen MR) is 68.4 cm³/mol. The molecular weight excluding hydrogens is 240 g/mol. The molecule has 1 aromatic rings. The number of rotatable bonds is 3. The quantitative estimate of drug-likeness (QED) is 0.847. The van der Waals surface area contributed by atoms with Gasteiger partial charge in [-0.3, -0.25) is 0 Å². The van der Waals surface area contributed by atoms with Crippen LogP contribution in [0.4, 0.5) is 5.69 Å². The van der Waals surface area contributed by atoms with Gasteiger partial charge in [0, 0.05) is 30.3 Å². The molecule has 0 saturated carbocycles. The van der Waals surface area contributed by atoms with Crippen molar-refractivity contribution in [2.24, 2.45) is 5.73 Å². The Morgan fingerprint density at radius 1 is 1.53 bits per heavy atom. The lowest BCUT2D eigenvalue weighted by molar-refractivity contribution is 0.00357. The fourth-order valence-electron chi connectivity index (χ4n) is 1.96. The van der Waals surface area contributed by atoms with E-state index in [4.69, 9.17) is 27.2 Å². The zero-order chi connectivity index (χ0) is 12.3. The van der Waals surface area contributed by atoms with Crippen molar-refractivity contribution in [1.82, 2.24) is 0 Å². The highest BCUT2D eigenvalue weighted by Gasteiger charge is 2.20. The number of aliphatic hydroxyl groups excluding tert-OH is 1. The third-order valence-corrected chi connectivity index (χ3v) is 3.32. The summed E-state index contributed by atoms with van der Waals surface area (Å²) in [4.78, 5) is 2.16. The number of hydrogen-bond donors (Lipinski definition) is 2. The lowest BCUT2D eigenvalue weighted by atomic mass is 10.1. The van der Waals surface area contributed by atoms with E-state index >= 15 is 0 Å². The monoisotopic (exact) mass is 256 g/mol. The largest absolute Gasteiger partial charge is 0.394 e. The molecule has 17 heavy (non-hydrogen) atoms. The van der Waals surface area contributed by atoms with Crippen molar-refractivity contribution >= 4 is 17.3 Å². The molecule has 2 rings (SSSR count). The van der Waals surface area contributed by atoms with Crippen molar-refractivity contribution in [3.8, 4) is 0 Å². The smallest absolute Gasteiger partial charge is 0.0980 e. The Morgan fingerprint density at radius 3 is 3.00 bits per heavy atom. The van der Waals surface area contributed by atoms with E-state index in [1.54, 1.807) is 0 Å². The van der Waals surface area contributed by atoms with E-state index in [9.17, 15) is 0 Å². The van der Waals surface area contributed by atoms with Crippen molar-refractivity contribution in [3.05, 3.63) is 28.8 Å². The summed E-state index contributed by atoms with van der Waals surface area (Å²) in [6, 6.07) is 5.87. The highest BCUT2D eigenvalue weighted by molar-refractivity contribution is 6.31. The van der Waals surface area contributed by atoms with Crippen LogP contribution in [-0.2, 0) is 11.3 Å². The van der Waals surface area contributed by atoms with Crippen LogP contribution in [0.5, 0.6) is 0 Å². The van der Waals surface area contributed by atoms with Crippen LogP contribution in [0.2, 0.25) is 5.02 Å². The molecule has 0 aliphatic carbocycles. The second kappa shape index (κ2) is 5.69. The van der Waals surface area contributed by atoms with Crippen LogP contribution in [0.25, 0.3) is 0 Å². The molecule has 5 heteroatoms. The van der Waals surface area contributed by atoms with Gasteiger partial charge in [-0.05, 0) is 17.7 Å². The van der Waals surface area contributed by atoms with Gasteiger partial charge in [-0.1, -0.05) is 17.7 Å². The highest BCUT2D eigenvalue weighted by atomic mass is 35.5. The lowest BCUT2D eigenvalue weighted by Gasteiger charge is -2.33. The number of morpholine rings is 1. The second-order valence-corrected chi connectivity index (χ2v) is 4.51. The molecule has 3 N–H and O–H groups in total. The second-order valence-electron chi connectivity index (χ2n) is 4.10. The first-order valence-electron chi connectivity index (χ1n) is 5.70. The summed E-state index contributed by atoms with van der Waals surface area (Å²) >= 11 is 6.13. The number of ether oxygens (including phenoxy) is 1. The Morgan fingerprint density at radius 2 is 2.35 bits per heavy atom. The van der Waals surface area contributed by atoms with Gasteiger partial charge in [0.25, 0.3) is 0 Å². The van der Waals surface area contributed by atoms with Crippen LogP contribution >= 0.6 is 11.6 Å². The molecule has 1 heterocycles. The molecule has 94 valence electrons. The third kappa shape index (κ3) is 2.90. The maximum Gasteiger partial charge on any atom is 0.0980 e. The number of benzene rings is 1. The van der Waals surface area contributed by atoms with Crippen molar-refractivity contribution in [1.29, 1.82) is 0 Å². The molecule has 0 spiro atoms. The summed E-state index contributed by atoms with van der Waals surface area (Å²) in [5, 5.41) is 9.79. The Labute approximate surface area is 106 Å². The summed E-state index contributed by atoms with van der Waals surface area (Å²) in [5.41, 5.74) is 7.57. The summed E-state index contributed by atoms with van der Waals surface area (Å²) in [7, 11) is 0. The maximum atomic E-state index is 9.10. The number of aliphatic hydroxyl groups is 1. The molecule has 0 aromatic heterocycles. The van der Waals surface area contributed by atoms with Crippen LogP contribution in [-0.4, -0.2) is 37.5 Å². The lowest BCUT2D eigenvalue weighted by Crippen LogP contribution is -2.44. The van der Waals surface area contributed by atoms with Crippen molar-refractivity contribution < 1.29 is 9.84 Å². The molecule has 1 aliphatic rings. The number of halogens is 1. The average molecular weight is 257 g/mol. The molecule has 1 atom stereocenters. The highest BCUT2D eigenvalue weighted by Crippen LogP contribution is 2.24. The molecule has 0 bridgehead atoms. The van der Waals surface area contributed by atoms with Crippen LogP contribution in [0.1, 0.15) is 5.56 Å². The predicted octanol–water partition coefficient (Wildman–Crippen LogP) is 0.996. The minimum atomic E-state index is -0.114. The Kier molecular flexibility index (Phi) is 4.23. The fourth-order valence-corrected chi connectivity index (χ4v) is 2.21. The van der Waals surface area contributed by atoms with Gasteiger partial charge in [0.05, 0.1) is 19.3 Å². The van der Waals surface area contributed by atoms with Crippen molar-refractivity contribution in [3.63, 3.8) is 0 Å². The van der Waals surface area contributed by atoms with Crippen LogP contribution in [0.15, 0.2) is 18.2 Å². The average Bonchev–Trinajstić information content (AvgIpc) is 2.38. The number of nitrogens with zero attached hydrogens (tertiary/aromatic N) is 1. The summed E-state index contributed by atoms with van der Waals surface area (Å²) in [6.45, 7) is 2.62. The number of hydrogen-bond acceptors (Lipinski definition) is 4. The molecular formula is C12H17ClN2O2. The first-order chi connectivity index (χ1) is 8.24. The Bertz CT molecular complexity index is 387. The summed E-state index contributed by atoms with van der Waals surface area (Å²) < 4.78 is 5.41. The van der Waals surface area contributed by atoms with Gasteiger partial charge >= 0.3 is 0 Å². The van der Waals surface area contributed by atoms with Crippen molar-refractivity contribution in [2.45, 2.75) is 12.6 Å². The Balaban J connectivity index is 2.13. The first kappa shape index (κ1) is 12.6. The molecule has 1 saturated heterocycles. The van der Waals surface area contributed by atoms with Crippen LogP contribution in [0.3, 0.4) is 0 Å². The van der Waals surface area contributed by atoms with E-state index in [0.29, 0.717) is 24.7 Å². The van der Waals surface area contributed by atoms with E-state index < -0.39 is 0 Å². The Hall–Kier alpha value is -0.810. The molecule has 0 radical (unpaired) electrons. The van der Waals surface area contributed by atoms with E-state index in [2.05, 4.69) is 4.90 Å². The molecule has 1 aliphatic heterocycles. The minimum absolute atomic E-state index is 0.0467. The van der Waals surface area contributed by atoms with Gasteiger partial charge in [-0.15, -0.1) is 0 Å². The van der Waals surface area contributed by atoms with E-state index in [0.717, 1.165) is 17.8 Å². The third-order valence-electron chi connectivity index (χ3n) is 2.96. The molecule has 1 unspecified atom stereocenters.